The quantitative estimate of drug-likeness (QED) is 0.501. The van der Waals surface area contributed by atoms with Crippen LogP contribution < -0.4 is 5.73 Å². The summed E-state index contributed by atoms with van der Waals surface area (Å²) in [5.41, 5.74) is 5.42. The topological polar surface area (TPSA) is 62.3 Å². The third-order valence-corrected chi connectivity index (χ3v) is 2.71. The third kappa shape index (κ3) is 3.64. The lowest BCUT2D eigenvalue weighted by molar-refractivity contribution is 0.172. The minimum absolute atomic E-state index is 0.155. The van der Waals surface area contributed by atoms with Crippen molar-refractivity contribution in [2.75, 3.05) is 33.4 Å². The van der Waals surface area contributed by atoms with Crippen LogP contribution in [-0.2, 0) is 4.74 Å². The van der Waals surface area contributed by atoms with Gasteiger partial charge in [0, 0.05) is 25.6 Å². The average molecular weight is 199 g/mol. The fourth-order valence-electron chi connectivity index (χ4n) is 1.81. The van der Waals surface area contributed by atoms with Crippen LogP contribution in [0.2, 0.25) is 0 Å². The summed E-state index contributed by atoms with van der Waals surface area (Å²) >= 11 is 0. The van der Waals surface area contributed by atoms with Crippen LogP contribution in [0.5, 0.6) is 0 Å². The zero-order valence-electron chi connectivity index (χ0n) is 9.12. The van der Waals surface area contributed by atoms with Crippen LogP contribution in [0.15, 0.2) is 0 Å². The Bertz CT molecular complexity index is 190. The van der Waals surface area contributed by atoms with Gasteiger partial charge in [-0.05, 0) is 19.4 Å². The zero-order chi connectivity index (χ0) is 10.6. The van der Waals surface area contributed by atoms with Gasteiger partial charge in [-0.1, -0.05) is 6.92 Å². The molecule has 1 aliphatic heterocycles. The standard InChI is InChI=1S/C10H21N3O/c1-8(10(11)12)5-13(2)6-9-3-4-14-7-9/h8-9H,3-7H2,1-2H3,(H3,11,12). The molecular weight excluding hydrogens is 178 g/mol. The molecule has 14 heavy (non-hydrogen) atoms. The van der Waals surface area contributed by atoms with Crippen molar-refractivity contribution >= 4 is 5.84 Å². The highest BCUT2D eigenvalue weighted by molar-refractivity contribution is 5.79. The molecule has 0 amide bonds. The van der Waals surface area contributed by atoms with Crippen molar-refractivity contribution in [3.05, 3.63) is 0 Å². The van der Waals surface area contributed by atoms with Gasteiger partial charge in [0.15, 0.2) is 0 Å². The highest BCUT2D eigenvalue weighted by Gasteiger charge is 2.18. The number of amidine groups is 1. The molecule has 1 rings (SSSR count). The second kappa shape index (κ2) is 5.32. The zero-order valence-corrected chi connectivity index (χ0v) is 9.12. The lowest BCUT2D eigenvalue weighted by atomic mass is 10.1. The van der Waals surface area contributed by atoms with Gasteiger partial charge in [0.2, 0.25) is 0 Å². The molecule has 3 N–H and O–H groups in total. The van der Waals surface area contributed by atoms with E-state index < -0.39 is 0 Å². The second-order valence-corrected chi connectivity index (χ2v) is 4.31. The van der Waals surface area contributed by atoms with E-state index in [4.69, 9.17) is 15.9 Å². The van der Waals surface area contributed by atoms with Gasteiger partial charge < -0.3 is 15.4 Å². The molecule has 1 aliphatic rings. The van der Waals surface area contributed by atoms with Crippen molar-refractivity contribution in [3.8, 4) is 0 Å². The predicted molar refractivity (Wildman–Crippen MR) is 57.5 cm³/mol. The van der Waals surface area contributed by atoms with Crippen molar-refractivity contribution in [3.63, 3.8) is 0 Å². The number of nitrogens with zero attached hydrogens (tertiary/aromatic N) is 1. The maximum Gasteiger partial charge on any atom is 0.0947 e. The molecule has 0 aromatic rings. The van der Waals surface area contributed by atoms with Crippen molar-refractivity contribution in [1.29, 1.82) is 5.41 Å². The fraction of sp³-hybridized carbons (Fsp3) is 0.900. The maximum absolute atomic E-state index is 7.30. The van der Waals surface area contributed by atoms with Crippen LogP contribution >= 0.6 is 0 Å². The lowest BCUT2D eigenvalue weighted by Gasteiger charge is -2.22. The van der Waals surface area contributed by atoms with Crippen LogP contribution in [0.25, 0.3) is 0 Å². The normalized spacial score (nSPS) is 24.1. The third-order valence-electron chi connectivity index (χ3n) is 2.71. The van der Waals surface area contributed by atoms with Gasteiger partial charge in [-0.15, -0.1) is 0 Å². The summed E-state index contributed by atoms with van der Waals surface area (Å²) in [5.74, 6) is 1.10. The van der Waals surface area contributed by atoms with Crippen LogP contribution in [0.1, 0.15) is 13.3 Å². The Hall–Kier alpha value is -0.610. The Labute approximate surface area is 85.9 Å². The van der Waals surface area contributed by atoms with Crippen LogP contribution in [0, 0.1) is 17.2 Å². The summed E-state index contributed by atoms with van der Waals surface area (Å²) in [6.07, 6.45) is 1.17. The molecule has 2 unspecified atom stereocenters. The summed E-state index contributed by atoms with van der Waals surface area (Å²) in [6, 6.07) is 0. The highest BCUT2D eigenvalue weighted by Crippen LogP contribution is 2.13. The number of ether oxygens (including phenoxy) is 1. The number of nitrogens with one attached hydrogen (secondary N) is 1. The first kappa shape index (κ1) is 11.5. The molecule has 0 radical (unpaired) electrons. The molecular formula is C10H21N3O. The monoisotopic (exact) mass is 199 g/mol. The summed E-state index contributed by atoms with van der Waals surface area (Å²) in [4.78, 5) is 2.24. The van der Waals surface area contributed by atoms with Gasteiger partial charge in [0.05, 0.1) is 12.4 Å². The number of nitrogens with two attached hydrogens (primary N) is 1. The van der Waals surface area contributed by atoms with E-state index in [9.17, 15) is 0 Å². The molecule has 0 bridgehead atoms. The molecule has 4 heteroatoms. The Morgan fingerprint density at radius 2 is 2.43 bits per heavy atom. The minimum Gasteiger partial charge on any atom is -0.387 e. The Balaban J connectivity index is 2.20. The van der Waals surface area contributed by atoms with E-state index in [1.807, 2.05) is 6.92 Å². The number of hydrogen-bond donors (Lipinski definition) is 2. The minimum atomic E-state index is 0.155. The molecule has 2 atom stereocenters. The van der Waals surface area contributed by atoms with E-state index in [1.165, 1.54) is 6.42 Å². The maximum atomic E-state index is 7.30. The van der Waals surface area contributed by atoms with Crippen molar-refractivity contribution in [2.45, 2.75) is 13.3 Å². The molecule has 0 aliphatic carbocycles. The van der Waals surface area contributed by atoms with Crippen LogP contribution in [0.4, 0.5) is 0 Å². The molecule has 1 saturated heterocycles. The van der Waals surface area contributed by atoms with E-state index in [-0.39, 0.29) is 11.8 Å². The van der Waals surface area contributed by atoms with Gasteiger partial charge in [-0.2, -0.15) is 0 Å². The van der Waals surface area contributed by atoms with Crippen LogP contribution in [0.3, 0.4) is 0 Å². The van der Waals surface area contributed by atoms with Gasteiger partial charge in [-0.25, -0.2) is 0 Å². The van der Waals surface area contributed by atoms with E-state index in [2.05, 4.69) is 11.9 Å². The number of rotatable bonds is 5. The molecule has 0 aromatic carbocycles. The Kier molecular flexibility index (Phi) is 4.35. The Morgan fingerprint density at radius 3 is 2.93 bits per heavy atom. The van der Waals surface area contributed by atoms with Crippen molar-refractivity contribution in [2.24, 2.45) is 17.6 Å². The summed E-state index contributed by atoms with van der Waals surface area (Å²) in [5, 5.41) is 7.30. The van der Waals surface area contributed by atoms with E-state index in [0.717, 1.165) is 26.3 Å². The van der Waals surface area contributed by atoms with Crippen LogP contribution in [-0.4, -0.2) is 44.1 Å². The van der Waals surface area contributed by atoms with Crippen molar-refractivity contribution < 1.29 is 4.74 Å². The number of hydrogen-bond acceptors (Lipinski definition) is 3. The molecule has 4 nitrogen and oxygen atoms in total. The van der Waals surface area contributed by atoms with E-state index in [0.29, 0.717) is 5.92 Å². The van der Waals surface area contributed by atoms with Gasteiger partial charge in [0.25, 0.3) is 0 Å². The predicted octanol–water partition coefficient (Wildman–Crippen LogP) is 0.527. The van der Waals surface area contributed by atoms with E-state index >= 15 is 0 Å². The first-order valence-electron chi connectivity index (χ1n) is 5.19. The summed E-state index contributed by atoms with van der Waals surface area (Å²) < 4.78 is 5.32. The first-order chi connectivity index (χ1) is 6.59. The summed E-state index contributed by atoms with van der Waals surface area (Å²) in [7, 11) is 2.08. The second-order valence-electron chi connectivity index (χ2n) is 4.31. The van der Waals surface area contributed by atoms with Gasteiger partial charge >= 0.3 is 0 Å². The smallest absolute Gasteiger partial charge is 0.0947 e. The van der Waals surface area contributed by atoms with Crippen molar-refractivity contribution in [1.82, 2.24) is 4.90 Å². The largest absolute Gasteiger partial charge is 0.387 e. The first-order valence-corrected chi connectivity index (χ1v) is 5.19. The summed E-state index contributed by atoms with van der Waals surface area (Å²) in [6.45, 7) is 5.70. The molecule has 0 saturated carbocycles. The molecule has 0 aromatic heterocycles. The Morgan fingerprint density at radius 1 is 1.71 bits per heavy atom. The average Bonchev–Trinajstić information content (AvgIpc) is 2.56. The molecule has 1 fully saturated rings. The molecule has 82 valence electrons. The van der Waals surface area contributed by atoms with Gasteiger partial charge in [-0.3, -0.25) is 5.41 Å². The lowest BCUT2D eigenvalue weighted by Crippen LogP contribution is -2.35. The molecule has 1 heterocycles. The fourth-order valence-corrected chi connectivity index (χ4v) is 1.81. The van der Waals surface area contributed by atoms with E-state index in [1.54, 1.807) is 0 Å². The highest BCUT2D eigenvalue weighted by atomic mass is 16.5. The SMILES string of the molecule is CC(CN(C)CC1CCOC1)C(=N)N. The molecule has 0 spiro atoms. The van der Waals surface area contributed by atoms with Gasteiger partial charge in [0.1, 0.15) is 0 Å².